The van der Waals surface area contributed by atoms with Crippen molar-refractivity contribution in [2.24, 2.45) is 0 Å². The number of aromatic nitrogens is 3. The molecule has 2 aromatic heterocycles. The Kier molecular flexibility index (Phi) is 5.73. The van der Waals surface area contributed by atoms with E-state index in [1.807, 2.05) is 10.8 Å². The van der Waals surface area contributed by atoms with Gasteiger partial charge in [0, 0.05) is 34.4 Å². The summed E-state index contributed by atoms with van der Waals surface area (Å²) >= 11 is 12.1. The number of hydrogen-bond acceptors (Lipinski definition) is 5. The van der Waals surface area contributed by atoms with Crippen molar-refractivity contribution in [2.75, 3.05) is 0 Å². The third-order valence-corrected chi connectivity index (χ3v) is 5.34. The zero-order chi connectivity index (χ0) is 20.0. The van der Waals surface area contributed by atoms with Gasteiger partial charge in [-0.05, 0) is 42.8 Å². The quantitative estimate of drug-likeness (QED) is 0.370. The lowest BCUT2D eigenvalue weighted by atomic mass is 10.1. The molecule has 1 aliphatic rings. The molecule has 154 valence electrons. The molecule has 0 radical (unpaired) electrons. The lowest BCUT2D eigenvalue weighted by molar-refractivity contribution is 0.0208. The number of halogens is 3. The average molecular weight is 465 g/mol. The maximum absolute atomic E-state index is 12.6. The molecule has 9 heteroatoms. The number of rotatable bonds is 3. The number of imidazole rings is 1. The molecule has 4 aromatic rings. The zero-order valence-corrected chi connectivity index (χ0v) is 17.9. The molecule has 0 saturated heterocycles. The molecule has 1 unspecified atom stereocenters. The number of carbonyl (C=O) groups excluding carboxylic acids is 1. The van der Waals surface area contributed by atoms with Crippen LogP contribution >= 0.6 is 35.6 Å². The van der Waals surface area contributed by atoms with E-state index in [9.17, 15) is 4.79 Å². The van der Waals surface area contributed by atoms with E-state index in [-0.39, 0.29) is 24.5 Å². The van der Waals surface area contributed by atoms with Crippen LogP contribution in [0.3, 0.4) is 0 Å². The monoisotopic (exact) mass is 463 g/mol. The standard InChI is InChI=1S/C21H15Cl2N3O3.ClH/c22-14-7-13(8-15(23)10-14)20-25-17-3-1-12(9-18(17)29-20)21(27)28-16-2-4-19-24-5-6-26(19)11-16;/h1,3,5-10,16H,2,4,11H2;1H. The normalized spacial score (nSPS) is 15.5. The number of oxazole rings is 1. The van der Waals surface area contributed by atoms with Crippen molar-refractivity contribution in [1.82, 2.24) is 14.5 Å². The molecular formula is C21H16Cl3N3O3. The van der Waals surface area contributed by atoms with Crippen LogP contribution in [0.25, 0.3) is 22.6 Å². The molecular weight excluding hydrogens is 449 g/mol. The summed E-state index contributed by atoms with van der Waals surface area (Å²) in [4.78, 5) is 21.4. The molecule has 0 N–H and O–H groups in total. The molecule has 0 aliphatic carbocycles. The fraction of sp³-hybridized carbons (Fsp3) is 0.190. The minimum absolute atomic E-state index is 0. The van der Waals surface area contributed by atoms with Crippen molar-refractivity contribution in [2.45, 2.75) is 25.5 Å². The SMILES string of the molecule is Cl.O=C(OC1CCc2nccn2C1)c1ccc2nc(-c3cc(Cl)cc(Cl)c3)oc2c1. The second kappa shape index (κ2) is 8.30. The van der Waals surface area contributed by atoms with Gasteiger partial charge in [0.25, 0.3) is 0 Å². The predicted octanol–water partition coefficient (Wildman–Crippen LogP) is 5.59. The molecule has 30 heavy (non-hydrogen) atoms. The van der Waals surface area contributed by atoms with Gasteiger partial charge in [-0.3, -0.25) is 0 Å². The topological polar surface area (TPSA) is 70.2 Å². The van der Waals surface area contributed by atoms with Crippen molar-refractivity contribution in [3.05, 3.63) is 70.2 Å². The van der Waals surface area contributed by atoms with E-state index in [0.717, 1.165) is 18.7 Å². The van der Waals surface area contributed by atoms with Crippen molar-refractivity contribution in [3.8, 4) is 11.5 Å². The van der Waals surface area contributed by atoms with Gasteiger partial charge in [0.2, 0.25) is 5.89 Å². The number of aryl methyl sites for hydroxylation is 1. The Morgan fingerprint density at radius 3 is 2.77 bits per heavy atom. The summed E-state index contributed by atoms with van der Waals surface area (Å²) in [5, 5.41) is 0.986. The summed E-state index contributed by atoms with van der Waals surface area (Å²) in [6.07, 6.45) is 5.03. The first kappa shape index (κ1) is 20.7. The third-order valence-electron chi connectivity index (χ3n) is 4.90. The largest absolute Gasteiger partial charge is 0.457 e. The molecule has 0 bridgehead atoms. The first-order valence-corrected chi connectivity index (χ1v) is 9.89. The first-order chi connectivity index (χ1) is 14.0. The summed E-state index contributed by atoms with van der Waals surface area (Å²) in [6, 6.07) is 10.2. The molecule has 0 spiro atoms. The second-order valence-electron chi connectivity index (χ2n) is 6.92. The number of fused-ring (bicyclic) bond motifs is 2. The van der Waals surface area contributed by atoms with Crippen LogP contribution in [0.5, 0.6) is 0 Å². The Balaban J connectivity index is 0.00000218. The summed E-state index contributed by atoms with van der Waals surface area (Å²) in [5.74, 6) is 1.02. The maximum Gasteiger partial charge on any atom is 0.338 e. The van der Waals surface area contributed by atoms with E-state index in [1.54, 1.807) is 42.6 Å². The molecule has 0 fully saturated rings. The van der Waals surface area contributed by atoms with Crippen LogP contribution in [0.2, 0.25) is 10.0 Å². The van der Waals surface area contributed by atoms with E-state index in [2.05, 4.69) is 9.97 Å². The van der Waals surface area contributed by atoms with Crippen LogP contribution in [-0.2, 0) is 17.7 Å². The molecule has 1 atom stereocenters. The number of ether oxygens (including phenoxy) is 1. The van der Waals surface area contributed by atoms with Gasteiger partial charge >= 0.3 is 5.97 Å². The number of nitrogens with zero attached hydrogens (tertiary/aromatic N) is 3. The minimum atomic E-state index is -0.385. The summed E-state index contributed by atoms with van der Waals surface area (Å²) in [6.45, 7) is 0.616. The zero-order valence-electron chi connectivity index (χ0n) is 15.5. The van der Waals surface area contributed by atoms with Gasteiger partial charge in [-0.2, -0.15) is 0 Å². The fourth-order valence-electron chi connectivity index (χ4n) is 3.50. The van der Waals surface area contributed by atoms with Gasteiger partial charge in [0.1, 0.15) is 17.4 Å². The highest BCUT2D eigenvalue weighted by Crippen LogP contribution is 2.30. The van der Waals surface area contributed by atoms with Crippen LogP contribution in [0.4, 0.5) is 0 Å². The Morgan fingerprint density at radius 1 is 1.17 bits per heavy atom. The number of carbonyl (C=O) groups is 1. The van der Waals surface area contributed by atoms with Crippen LogP contribution in [0.15, 0.2) is 53.2 Å². The van der Waals surface area contributed by atoms with Crippen molar-refractivity contribution in [1.29, 1.82) is 0 Å². The first-order valence-electron chi connectivity index (χ1n) is 9.13. The van der Waals surface area contributed by atoms with E-state index < -0.39 is 0 Å². The summed E-state index contributed by atoms with van der Waals surface area (Å²) < 4.78 is 13.5. The van der Waals surface area contributed by atoms with Crippen LogP contribution < -0.4 is 0 Å². The van der Waals surface area contributed by atoms with Crippen LogP contribution in [0.1, 0.15) is 22.6 Å². The molecule has 1 aliphatic heterocycles. The van der Waals surface area contributed by atoms with Crippen molar-refractivity contribution >= 4 is 52.7 Å². The smallest absolute Gasteiger partial charge is 0.338 e. The third kappa shape index (κ3) is 4.03. The number of benzene rings is 2. The average Bonchev–Trinajstić information content (AvgIpc) is 3.32. The molecule has 0 saturated carbocycles. The maximum atomic E-state index is 12.6. The van der Waals surface area contributed by atoms with Gasteiger partial charge in [0.05, 0.1) is 12.1 Å². The Hall–Kier alpha value is -2.54. The molecule has 5 rings (SSSR count). The van der Waals surface area contributed by atoms with Crippen molar-refractivity contribution in [3.63, 3.8) is 0 Å². The lowest BCUT2D eigenvalue weighted by Crippen LogP contribution is -2.29. The van der Waals surface area contributed by atoms with Crippen LogP contribution in [-0.4, -0.2) is 26.6 Å². The Morgan fingerprint density at radius 2 is 1.97 bits per heavy atom. The summed E-state index contributed by atoms with van der Waals surface area (Å²) in [5.41, 5.74) is 2.21. The van der Waals surface area contributed by atoms with Gasteiger partial charge in [-0.15, -0.1) is 12.4 Å². The Labute approximate surface area is 188 Å². The summed E-state index contributed by atoms with van der Waals surface area (Å²) in [7, 11) is 0. The number of hydrogen-bond donors (Lipinski definition) is 0. The van der Waals surface area contributed by atoms with E-state index >= 15 is 0 Å². The lowest BCUT2D eigenvalue weighted by Gasteiger charge is -2.23. The van der Waals surface area contributed by atoms with Gasteiger partial charge in [0.15, 0.2) is 5.58 Å². The minimum Gasteiger partial charge on any atom is -0.457 e. The highest BCUT2D eigenvalue weighted by Gasteiger charge is 2.23. The predicted molar refractivity (Wildman–Crippen MR) is 116 cm³/mol. The van der Waals surface area contributed by atoms with E-state index in [0.29, 0.717) is 44.7 Å². The van der Waals surface area contributed by atoms with E-state index in [1.165, 1.54) is 0 Å². The molecule has 6 nitrogen and oxygen atoms in total. The molecule has 3 heterocycles. The van der Waals surface area contributed by atoms with Crippen LogP contribution in [0, 0.1) is 0 Å². The fourth-order valence-corrected chi connectivity index (χ4v) is 4.03. The molecule has 2 aromatic carbocycles. The highest BCUT2D eigenvalue weighted by atomic mass is 35.5. The molecule has 0 amide bonds. The van der Waals surface area contributed by atoms with Gasteiger partial charge in [-0.25, -0.2) is 14.8 Å². The van der Waals surface area contributed by atoms with Crippen molar-refractivity contribution < 1.29 is 13.9 Å². The second-order valence-corrected chi connectivity index (χ2v) is 7.79. The van der Waals surface area contributed by atoms with Gasteiger partial charge < -0.3 is 13.7 Å². The number of esters is 1. The highest BCUT2D eigenvalue weighted by molar-refractivity contribution is 6.35. The van der Waals surface area contributed by atoms with E-state index in [4.69, 9.17) is 32.4 Å². The van der Waals surface area contributed by atoms with Gasteiger partial charge in [-0.1, -0.05) is 23.2 Å². The Bertz CT molecular complexity index is 1210.